The Kier molecular flexibility index (Phi) is 5.92. The first-order valence-electron chi connectivity index (χ1n) is 9.75. The number of carbonyl (C=O) groups excluding carboxylic acids is 2. The van der Waals surface area contributed by atoms with Crippen molar-refractivity contribution in [1.82, 2.24) is 10.2 Å². The van der Waals surface area contributed by atoms with Crippen molar-refractivity contribution in [1.29, 1.82) is 0 Å². The van der Waals surface area contributed by atoms with Crippen molar-refractivity contribution in [2.24, 2.45) is 11.8 Å². The number of likely N-dealkylation sites (tertiary alicyclic amines) is 1. The molecule has 0 radical (unpaired) electrons. The number of hydrogen-bond acceptors (Lipinski definition) is 4. The number of alkyl carbamates (subject to hydrolysis) is 1. The van der Waals surface area contributed by atoms with Gasteiger partial charge in [-0.3, -0.25) is 0 Å². The molecule has 3 rings (SSSR count). The van der Waals surface area contributed by atoms with Crippen LogP contribution in [0.4, 0.5) is 9.59 Å². The zero-order chi connectivity index (χ0) is 19.4. The Hall–Kier alpha value is -2.24. The van der Waals surface area contributed by atoms with Crippen molar-refractivity contribution in [3.8, 4) is 0 Å². The highest BCUT2D eigenvalue weighted by Crippen LogP contribution is 2.41. The Morgan fingerprint density at radius 2 is 1.81 bits per heavy atom. The van der Waals surface area contributed by atoms with Gasteiger partial charge in [0.05, 0.1) is 6.04 Å². The molecule has 0 spiro atoms. The summed E-state index contributed by atoms with van der Waals surface area (Å²) in [7, 11) is 0. The quantitative estimate of drug-likeness (QED) is 0.866. The molecule has 1 N–H and O–H groups in total. The third-order valence-electron chi connectivity index (χ3n) is 4.96. The summed E-state index contributed by atoms with van der Waals surface area (Å²) >= 11 is 0. The monoisotopic (exact) mass is 374 g/mol. The summed E-state index contributed by atoms with van der Waals surface area (Å²) in [6, 6.07) is 9.48. The second kappa shape index (κ2) is 8.19. The molecule has 1 aromatic carbocycles. The predicted octanol–water partition coefficient (Wildman–Crippen LogP) is 3.95. The van der Waals surface area contributed by atoms with Crippen LogP contribution in [0.15, 0.2) is 30.3 Å². The minimum absolute atomic E-state index is 0.111. The fourth-order valence-corrected chi connectivity index (χ4v) is 3.56. The van der Waals surface area contributed by atoms with E-state index in [2.05, 4.69) is 5.32 Å². The zero-order valence-corrected chi connectivity index (χ0v) is 16.4. The Balaban J connectivity index is 1.54. The molecule has 2 unspecified atom stereocenters. The van der Waals surface area contributed by atoms with E-state index in [1.54, 1.807) is 4.90 Å². The molecule has 27 heavy (non-hydrogen) atoms. The summed E-state index contributed by atoms with van der Waals surface area (Å²) in [5.74, 6) is 1.06. The van der Waals surface area contributed by atoms with Gasteiger partial charge in [0.1, 0.15) is 12.2 Å². The molecule has 2 aliphatic rings. The van der Waals surface area contributed by atoms with Crippen LogP contribution in [0.25, 0.3) is 0 Å². The minimum Gasteiger partial charge on any atom is -0.445 e. The van der Waals surface area contributed by atoms with Gasteiger partial charge in [0.2, 0.25) is 0 Å². The molecule has 1 heterocycles. The molecule has 1 saturated heterocycles. The van der Waals surface area contributed by atoms with Crippen molar-refractivity contribution in [2.45, 2.75) is 58.3 Å². The third-order valence-corrected chi connectivity index (χ3v) is 4.96. The first kappa shape index (κ1) is 19.5. The van der Waals surface area contributed by atoms with Gasteiger partial charge in [-0.2, -0.15) is 0 Å². The van der Waals surface area contributed by atoms with Gasteiger partial charge in [-0.15, -0.1) is 0 Å². The van der Waals surface area contributed by atoms with Crippen LogP contribution in [0.5, 0.6) is 0 Å². The molecule has 1 aliphatic heterocycles. The number of ether oxygens (including phenoxy) is 2. The molecule has 148 valence electrons. The van der Waals surface area contributed by atoms with Crippen molar-refractivity contribution in [2.75, 3.05) is 13.1 Å². The summed E-state index contributed by atoms with van der Waals surface area (Å²) in [6.45, 7) is 6.99. The van der Waals surface area contributed by atoms with E-state index in [1.807, 2.05) is 51.1 Å². The van der Waals surface area contributed by atoms with Crippen LogP contribution >= 0.6 is 0 Å². The highest BCUT2D eigenvalue weighted by atomic mass is 16.6. The largest absolute Gasteiger partial charge is 0.445 e. The zero-order valence-electron chi connectivity index (χ0n) is 16.4. The second-order valence-corrected chi connectivity index (χ2v) is 8.62. The smallest absolute Gasteiger partial charge is 0.410 e. The number of nitrogens with zero attached hydrogens (tertiary/aromatic N) is 1. The van der Waals surface area contributed by atoms with Gasteiger partial charge in [0.25, 0.3) is 0 Å². The number of amides is 2. The average Bonchev–Trinajstić information content (AvgIpc) is 3.44. The van der Waals surface area contributed by atoms with E-state index in [-0.39, 0.29) is 18.7 Å². The molecular formula is C21H30N2O4. The third kappa shape index (κ3) is 6.15. The van der Waals surface area contributed by atoms with Crippen molar-refractivity contribution in [3.63, 3.8) is 0 Å². The van der Waals surface area contributed by atoms with Crippen molar-refractivity contribution in [3.05, 3.63) is 35.9 Å². The topological polar surface area (TPSA) is 67.9 Å². The highest BCUT2D eigenvalue weighted by Gasteiger charge is 2.40. The van der Waals surface area contributed by atoms with Crippen molar-refractivity contribution < 1.29 is 19.1 Å². The summed E-state index contributed by atoms with van der Waals surface area (Å²) in [5.41, 5.74) is 0.420. The van der Waals surface area contributed by atoms with Crippen LogP contribution in [0.2, 0.25) is 0 Å². The van der Waals surface area contributed by atoms with Gasteiger partial charge in [0.15, 0.2) is 0 Å². The van der Waals surface area contributed by atoms with E-state index in [4.69, 9.17) is 9.47 Å². The van der Waals surface area contributed by atoms with Crippen LogP contribution in [0.1, 0.15) is 45.6 Å². The Morgan fingerprint density at radius 3 is 2.44 bits per heavy atom. The summed E-state index contributed by atoms with van der Waals surface area (Å²) < 4.78 is 10.9. The van der Waals surface area contributed by atoms with E-state index in [9.17, 15) is 9.59 Å². The van der Waals surface area contributed by atoms with Crippen LogP contribution in [0, 0.1) is 11.8 Å². The van der Waals surface area contributed by atoms with E-state index < -0.39 is 11.7 Å². The molecule has 2 amide bonds. The fourth-order valence-electron chi connectivity index (χ4n) is 3.56. The van der Waals surface area contributed by atoms with Gasteiger partial charge in [-0.25, -0.2) is 9.59 Å². The number of carbonyl (C=O) groups is 2. The number of hydrogen-bond donors (Lipinski definition) is 1. The number of piperidine rings is 1. The Labute approximate surface area is 161 Å². The maximum atomic E-state index is 12.5. The average molecular weight is 374 g/mol. The maximum Gasteiger partial charge on any atom is 0.410 e. The van der Waals surface area contributed by atoms with Crippen LogP contribution < -0.4 is 5.32 Å². The molecule has 0 aromatic heterocycles. The van der Waals surface area contributed by atoms with Gasteiger partial charge in [-0.1, -0.05) is 30.3 Å². The highest BCUT2D eigenvalue weighted by molar-refractivity contribution is 5.70. The number of benzene rings is 1. The van der Waals surface area contributed by atoms with Crippen LogP contribution in [0.3, 0.4) is 0 Å². The lowest BCUT2D eigenvalue weighted by Crippen LogP contribution is -2.53. The first-order chi connectivity index (χ1) is 12.8. The molecule has 6 heteroatoms. The van der Waals surface area contributed by atoms with E-state index in [1.165, 1.54) is 12.8 Å². The Bertz CT molecular complexity index is 652. The SMILES string of the molecule is CC(C)(C)OC(=O)N1CC(NC(=O)OCc2ccccc2)CC(C2CC2)C1. The molecular weight excluding hydrogens is 344 g/mol. The number of rotatable bonds is 4. The second-order valence-electron chi connectivity index (χ2n) is 8.62. The van der Waals surface area contributed by atoms with Gasteiger partial charge < -0.3 is 19.7 Å². The lowest BCUT2D eigenvalue weighted by atomic mass is 9.90. The summed E-state index contributed by atoms with van der Waals surface area (Å²) in [5, 5.41) is 2.94. The van der Waals surface area contributed by atoms with Crippen LogP contribution in [-0.4, -0.2) is 41.8 Å². The van der Waals surface area contributed by atoms with E-state index in [0.29, 0.717) is 24.9 Å². The molecule has 2 fully saturated rings. The molecule has 2 atom stereocenters. The molecule has 6 nitrogen and oxygen atoms in total. The molecule has 1 aliphatic carbocycles. The summed E-state index contributed by atoms with van der Waals surface area (Å²) in [6.07, 6.45) is 2.54. The number of nitrogens with one attached hydrogen (secondary N) is 1. The fraction of sp³-hybridized carbons (Fsp3) is 0.619. The molecule has 1 aromatic rings. The maximum absolute atomic E-state index is 12.5. The molecule has 0 bridgehead atoms. The van der Waals surface area contributed by atoms with E-state index >= 15 is 0 Å². The van der Waals surface area contributed by atoms with Gasteiger partial charge in [-0.05, 0) is 57.4 Å². The van der Waals surface area contributed by atoms with E-state index in [0.717, 1.165) is 12.0 Å². The lowest BCUT2D eigenvalue weighted by molar-refractivity contribution is 0.0109. The minimum atomic E-state index is -0.527. The van der Waals surface area contributed by atoms with Gasteiger partial charge >= 0.3 is 12.2 Å². The molecule has 1 saturated carbocycles. The van der Waals surface area contributed by atoms with Gasteiger partial charge in [0, 0.05) is 13.1 Å². The predicted molar refractivity (Wildman–Crippen MR) is 102 cm³/mol. The van der Waals surface area contributed by atoms with Crippen molar-refractivity contribution >= 4 is 12.2 Å². The summed E-state index contributed by atoms with van der Waals surface area (Å²) in [4.78, 5) is 26.5. The normalized spacial score (nSPS) is 22.9. The lowest BCUT2D eigenvalue weighted by Gasteiger charge is -2.38. The Morgan fingerprint density at radius 1 is 1.11 bits per heavy atom. The first-order valence-corrected chi connectivity index (χ1v) is 9.75. The standard InChI is InChI=1S/C21H30N2O4/c1-21(2,3)27-20(25)23-12-17(16-9-10-16)11-18(13-23)22-19(24)26-14-15-7-5-4-6-8-15/h4-8,16-18H,9-14H2,1-3H3,(H,22,24). The van der Waals surface area contributed by atoms with Crippen LogP contribution in [-0.2, 0) is 16.1 Å².